The Labute approximate surface area is 176 Å². The summed E-state index contributed by atoms with van der Waals surface area (Å²) in [4.78, 5) is 28.5. The van der Waals surface area contributed by atoms with Gasteiger partial charge < -0.3 is 0 Å². The van der Waals surface area contributed by atoms with E-state index in [2.05, 4.69) is 46.9 Å². The third-order valence-corrected chi connectivity index (χ3v) is 7.25. The van der Waals surface area contributed by atoms with Gasteiger partial charge in [-0.25, -0.2) is 4.90 Å². The van der Waals surface area contributed by atoms with Crippen molar-refractivity contribution in [3.05, 3.63) is 98.6 Å². The van der Waals surface area contributed by atoms with Gasteiger partial charge >= 0.3 is 0 Å². The number of hydrogen-bond acceptors (Lipinski definition) is 2. The number of carbonyl (C=O) groups excluding carboxylic acids is 2. The number of anilines is 1. The highest BCUT2D eigenvalue weighted by molar-refractivity contribution is 14.1. The summed E-state index contributed by atoms with van der Waals surface area (Å²) in [5.41, 5.74) is 5.50. The fraction of sp³-hybridized carbons (Fsp3) is 0.167. The van der Waals surface area contributed by atoms with Crippen molar-refractivity contribution in [2.24, 2.45) is 11.8 Å². The van der Waals surface area contributed by atoms with Gasteiger partial charge in [0.05, 0.1) is 17.5 Å². The maximum atomic E-state index is 13.5. The average molecular weight is 477 g/mol. The zero-order chi connectivity index (χ0) is 19.0. The van der Waals surface area contributed by atoms with Crippen molar-refractivity contribution < 1.29 is 9.59 Å². The Balaban J connectivity index is 1.57. The molecule has 3 nitrogen and oxygen atoms in total. The maximum Gasteiger partial charge on any atom is 0.238 e. The molecule has 0 radical (unpaired) electrons. The Morgan fingerprint density at radius 2 is 1.00 bits per heavy atom. The number of carbonyl (C=O) groups is 2. The van der Waals surface area contributed by atoms with E-state index in [0.717, 1.165) is 3.57 Å². The highest BCUT2D eigenvalue weighted by Crippen LogP contribution is 2.61. The Morgan fingerprint density at radius 1 is 0.607 bits per heavy atom. The smallest absolute Gasteiger partial charge is 0.238 e. The van der Waals surface area contributed by atoms with Crippen molar-refractivity contribution in [3.63, 3.8) is 0 Å². The minimum absolute atomic E-state index is 0.0484. The van der Waals surface area contributed by atoms with E-state index >= 15 is 0 Å². The Morgan fingerprint density at radius 3 is 1.39 bits per heavy atom. The molecule has 1 fully saturated rings. The number of rotatable bonds is 1. The Bertz CT molecular complexity index is 1040. The van der Waals surface area contributed by atoms with Crippen molar-refractivity contribution in [2.45, 2.75) is 11.8 Å². The first-order valence-corrected chi connectivity index (χ1v) is 10.6. The van der Waals surface area contributed by atoms with Crippen LogP contribution in [-0.2, 0) is 9.59 Å². The van der Waals surface area contributed by atoms with Gasteiger partial charge in [0.1, 0.15) is 0 Å². The number of benzene rings is 3. The molecule has 136 valence electrons. The van der Waals surface area contributed by atoms with Crippen molar-refractivity contribution in [2.75, 3.05) is 4.90 Å². The largest absolute Gasteiger partial charge is 0.274 e. The molecule has 0 spiro atoms. The van der Waals surface area contributed by atoms with E-state index in [0.29, 0.717) is 5.69 Å². The average Bonchev–Trinajstić information content (AvgIpc) is 3.00. The van der Waals surface area contributed by atoms with Gasteiger partial charge in [0, 0.05) is 15.4 Å². The number of hydrogen-bond donors (Lipinski definition) is 0. The molecule has 0 aromatic heterocycles. The van der Waals surface area contributed by atoms with Crippen LogP contribution in [0.3, 0.4) is 0 Å². The molecule has 1 saturated heterocycles. The lowest BCUT2D eigenvalue weighted by Crippen LogP contribution is -2.41. The third-order valence-electron chi connectivity index (χ3n) is 6.53. The first-order chi connectivity index (χ1) is 13.7. The molecule has 2 atom stereocenters. The lowest BCUT2D eigenvalue weighted by atomic mass is 9.55. The van der Waals surface area contributed by atoms with Gasteiger partial charge in [-0.05, 0) is 69.1 Å². The van der Waals surface area contributed by atoms with Crippen LogP contribution < -0.4 is 4.90 Å². The normalized spacial score (nSPS) is 26.8. The molecule has 1 aliphatic heterocycles. The fourth-order valence-electron chi connectivity index (χ4n) is 5.52. The van der Waals surface area contributed by atoms with Gasteiger partial charge in [-0.15, -0.1) is 0 Å². The van der Waals surface area contributed by atoms with E-state index in [1.807, 2.05) is 48.5 Å². The van der Waals surface area contributed by atoms with Crippen LogP contribution in [0, 0.1) is 15.4 Å². The topological polar surface area (TPSA) is 37.4 Å². The fourth-order valence-corrected chi connectivity index (χ4v) is 5.88. The van der Waals surface area contributed by atoms with E-state index < -0.39 is 0 Å². The summed E-state index contributed by atoms with van der Waals surface area (Å²) in [5.74, 6) is -0.853. The van der Waals surface area contributed by atoms with Crippen LogP contribution in [0.5, 0.6) is 0 Å². The van der Waals surface area contributed by atoms with E-state index in [1.54, 1.807) is 0 Å². The van der Waals surface area contributed by atoms with E-state index in [1.165, 1.54) is 27.2 Å². The van der Waals surface area contributed by atoms with Gasteiger partial charge in [-0.1, -0.05) is 48.5 Å². The molecule has 3 aliphatic carbocycles. The molecule has 3 aromatic carbocycles. The summed E-state index contributed by atoms with van der Waals surface area (Å²) >= 11 is 2.23. The molecule has 1 heterocycles. The summed E-state index contributed by atoms with van der Waals surface area (Å²) in [6, 6.07) is 24.3. The lowest BCUT2D eigenvalue weighted by molar-refractivity contribution is -0.122. The monoisotopic (exact) mass is 477 g/mol. The van der Waals surface area contributed by atoms with Crippen LogP contribution in [-0.4, -0.2) is 11.8 Å². The molecule has 28 heavy (non-hydrogen) atoms. The highest BCUT2D eigenvalue weighted by atomic mass is 127. The van der Waals surface area contributed by atoms with E-state index in [4.69, 9.17) is 0 Å². The van der Waals surface area contributed by atoms with Crippen LogP contribution >= 0.6 is 22.6 Å². The minimum Gasteiger partial charge on any atom is -0.274 e. The molecule has 2 amide bonds. The number of amides is 2. The van der Waals surface area contributed by atoms with E-state index in [9.17, 15) is 9.59 Å². The van der Waals surface area contributed by atoms with Crippen molar-refractivity contribution in [1.82, 2.24) is 0 Å². The number of nitrogens with zero attached hydrogens (tertiary/aromatic N) is 1. The van der Waals surface area contributed by atoms with Crippen LogP contribution in [0.2, 0.25) is 0 Å². The Kier molecular flexibility index (Phi) is 3.39. The molecule has 4 heteroatoms. The van der Waals surface area contributed by atoms with Gasteiger partial charge in [-0.2, -0.15) is 0 Å². The second-order valence-electron chi connectivity index (χ2n) is 7.75. The molecule has 2 bridgehead atoms. The molecule has 0 N–H and O–H groups in total. The van der Waals surface area contributed by atoms with Gasteiger partial charge in [0.25, 0.3) is 0 Å². The summed E-state index contributed by atoms with van der Waals surface area (Å²) in [6.07, 6.45) is 0. The SMILES string of the molecule is O=C1[C@@H]2C3c4ccccc4C(c4ccccc43)[C@@H]2C(=O)N1c1ccc(I)cc1. The predicted molar refractivity (Wildman–Crippen MR) is 115 cm³/mol. The first kappa shape index (κ1) is 16.5. The molecular formula is C24H16INO2. The number of imide groups is 1. The second-order valence-corrected chi connectivity index (χ2v) is 9.00. The van der Waals surface area contributed by atoms with Crippen molar-refractivity contribution >= 4 is 40.1 Å². The second kappa shape index (κ2) is 5.77. The molecule has 7 rings (SSSR count). The lowest BCUT2D eigenvalue weighted by Gasteiger charge is -2.45. The van der Waals surface area contributed by atoms with Gasteiger partial charge in [-0.3, -0.25) is 9.59 Å². The van der Waals surface area contributed by atoms with Crippen LogP contribution in [0.1, 0.15) is 34.1 Å². The first-order valence-electron chi connectivity index (χ1n) is 9.48. The summed E-state index contributed by atoms with van der Waals surface area (Å²) in [6.45, 7) is 0. The standard InChI is InChI=1S/C24H16INO2/c25-13-9-11-14(12-10-13)26-23(27)21-19-15-5-1-2-6-16(15)20(22(21)24(26)28)18-8-4-3-7-17(18)19/h1-12,19-22H/t19?,20?,21-,22+. The van der Waals surface area contributed by atoms with Crippen LogP contribution in [0.25, 0.3) is 0 Å². The van der Waals surface area contributed by atoms with Crippen molar-refractivity contribution in [1.29, 1.82) is 0 Å². The Hall–Kier alpha value is -2.47. The maximum absolute atomic E-state index is 13.5. The van der Waals surface area contributed by atoms with E-state index in [-0.39, 0.29) is 35.5 Å². The minimum atomic E-state index is -0.318. The third kappa shape index (κ3) is 1.99. The summed E-state index contributed by atoms with van der Waals surface area (Å²) in [7, 11) is 0. The molecule has 4 aliphatic rings. The highest BCUT2D eigenvalue weighted by Gasteiger charge is 2.61. The zero-order valence-electron chi connectivity index (χ0n) is 14.9. The summed E-state index contributed by atoms with van der Waals surface area (Å²) < 4.78 is 1.08. The van der Waals surface area contributed by atoms with Gasteiger partial charge in [0.2, 0.25) is 11.8 Å². The molecule has 0 unspecified atom stereocenters. The predicted octanol–water partition coefficient (Wildman–Crippen LogP) is 4.69. The molecule has 0 saturated carbocycles. The van der Waals surface area contributed by atoms with Crippen LogP contribution in [0.15, 0.2) is 72.8 Å². The molecular weight excluding hydrogens is 461 g/mol. The molecule has 3 aromatic rings. The van der Waals surface area contributed by atoms with Gasteiger partial charge in [0.15, 0.2) is 0 Å². The quantitative estimate of drug-likeness (QED) is 0.377. The number of halogens is 1. The summed E-state index contributed by atoms with van der Waals surface area (Å²) in [5, 5.41) is 0. The zero-order valence-corrected chi connectivity index (χ0v) is 17.0. The van der Waals surface area contributed by atoms with Crippen molar-refractivity contribution in [3.8, 4) is 0 Å². The van der Waals surface area contributed by atoms with Crippen LogP contribution in [0.4, 0.5) is 5.69 Å².